The Hall–Kier alpha value is -2.37. The minimum atomic E-state index is -1.57. The number of aliphatic hydroxyl groups is 5. The fourth-order valence-corrected chi connectivity index (χ4v) is 7.53. The lowest BCUT2D eigenvalue weighted by Gasteiger charge is -2.40. The number of amides is 1. The van der Waals surface area contributed by atoms with Crippen LogP contribution in [0.15, 0.2) is 72.9 Å². The van der Waals surface area contributed by atoms with Crippen LogP contribution in [0, 0.1) is 0 Å². The maximum absolute atomic E-state index is 13.0. The van der Waals surface area contributed by atoms with Gasteiger partial charge in [0.25, 0.3) is 0 Å². The van der Waals surface area contributed by atoms with Crippen LogP contribution < -0.4 is 5.32 Å². The summed E-state index contributed by atoms with van der Waals surface area (Å²) in [7, 11) is 0. The number of nitrogens with one attached hydrogen (secondary N) is 1. The number of carbonyl (C=O) groups is 1. The van der Waals surface area contributed by atoms with E-state index in [1.165, 1.54) is 96.3 Å². The quantitative estimate of drug-likeness (QED) is 0.0263. The van der Waals surface area contributed by atoms with Crippen molar-refractivity contribution in [1.29, 1.82) is 0 Å². The van der Waals surface area contributed by atoms with Crippen molar-refractivity contribution < 1.29 is 39.8 Å². The van der Waals surface area contributed by atoms with Gasteiger partial charge in [-0.05, 0) is 64.2 Å². The van der Waals surface area contributed by atoms with E-state index in [0.29, 0.717) is 6.42 Å². The number of aliphatic hydroxyl groups excluding tert-OH is 5. The first-order chi connectivity index (χ1) is 30.3. The number of allylic oxidation sites excluding steroid dienone is 11. The van der Waals surface area contributed by atoms with Gasteiger partial charge in [0, 0.05) is 6.42 Å². The van der Waals surface area contributed by atoms with E-state index in [4.69, 9.17) is 9.47 Å². The maximum Gasteiger partial charge on any atom is 0.220 e. The van der Waals surface area contributed by atoms with Crippen LogP contribution in [-0.4, -0.2) is 87.5 Å². The molecule has 0 spiro atoms. The molecule has 1 amide bonds. The average Bonchev–Trinajstić information content (AvgIpc) is 3.27. The second kappa shape index (κ2) is 42.6. The van der Waals surface area contributed by atoms with Crippen molar-refractivity contribution in [3.63, 3.8) is 0 Å². The number of rotatable bonds is 41. The molecular weight excluding hydrogens is 779 g/mol. The Morgan fingerprint density at radius 3 is 1.48 bits per heavy atom. The highest BCUT2D eigenvalue weighted by molar-refractivity contribution is 5.76. The summed E-state index contributed by atoms with van der Waals surface area (Å²) < 4.78 is 11.2. The molecule has 0 aromatic rings. The minimum Gasteiger partial charge on any atom is -0.394 e. The summed E-state index contributed by atoms with van der Waals surface area (Å²) in [5.74, 6) is -0.187. The summed E-state index contributed by atoms with van der Waals surface area (Å²) in [6.45, 7) is 3.65. The summed E-state index contributed by atoms with van der Waals surface area (Å²) >= 11 is 0. The van der Waals surface area contributed by atoms with Gasteiger partial charge >= 0.3 is 0 Å². The van der Waals surface area contributed by atoms with E-state index in [0.717, 1.165) is 83.5 Å². The molecule has 7 atom stereocenters. The molecule has 1 aliphatic heterocycles. The lowest BCUT2D eigenvalue weighted by atomic mass is 9.99. The van der Waals surface area contributed by atoms with Crippen molar-refractivity contribution >= 4 is 5.91 Å². The number of hydrogen-bond acceptors (Lipinski definition) is 8. The van der Waals surface area contributed by atoms with Gasteiger partial charge in [-0.2, -0.15) is 0 Å². The summed E-state index contributed by atoms with van der Waals surface area (Å²) in [4.78, 5) is 13.0. The van der Waals surface area contributed by atoms with Crippen molar-refractivity contribution in [1.82, 2.24) is 5.32 Å². The van der Waals surface area contributed by atoms with Crippen LogP contribution in [0.5, 0.6) is 0 Å². The second-order valence-electron chi connectivity index (χ2n) is 17.2. The van der Waals surface area contributed by atoms with E-state index in [1.54, 1.807) is 6.08 Å². The van der Waals surface area contributed by atoms with Gasteiger partial charge in [-0.1, -0.05) is 202 Å². The first-order valence-corrected chi connectivity index (χ1v) is 25.2. The van der Waals surface area contributed by atoms with Gasteiger partial charge in [-0.15, -0.1) is 0 Å². The van der Waals surface area contributed by atoms with Crippen LogP contribution in [0.3, 0.4) is 0 Å². The van der Waals surface area contributed by atoms with E-state index in [-0.39, 0.29) is 12.5 Å². The highest BCUT2D eigenvalue weighted by Crippen LogP contribution is 2.23. The van der Waals surface area contributed by atoms with E-state index in [9.17, 15) is 30.3 Å². The smallest absolute Gasteiger partial charge is 0.220 e. The van der Waals surface area contributed by atoms with E-state index < -0.39 is 49.5 Å². The summed E-state index contributed by atoms with van der Waals surface area (Å²) in [5, 5.41) is 54.3. The minimum absolute atomic E-state index is 0.187. The first kappa shape index (κ1) is 57.6. The number of unbranched alkanes of at least 4 members (excludes halogenated alkanes) is 21. The zero-order valence-electron chi connectivity index (χ0n) is 39.4. The normalized spacial score (nSPS) is 20.9. The van der Waals surface area contributed by atoms with Crippen LogP contribution in [-0.2, 0) is 14.3 Å². The SMILES string of the molecule is CC/C=C\C/C=C\C/C=C\C/C=C\C/C=C\CCCCCCCCCCCC(=O)NC(COC1OC(CO)C(O)C(O)C1O)C(O)/C=C/CCCCCCCCCCCCCC. The fourth-order valence-electron chi connectivity index (χ4n) is 7.53. The van der Waals surface area contributed by atoms with E-state index >= 15 is 0 Å². The first-order valence-electron chi connectivity index (χ1n) is 25.2. The Morgan fingerprint density at radius 2 is 1.00 bits per heavy atom. The predicted octanol–water partition coefficient (Wildman–Crippen LogP) is 11.3. The van der Waals surface area contributed by atoms with Gasteiger partial charge in [0.1, 0.15) is 24.4 Å². The molecule has 1 saturated heterocycles. The maximum atomic E-state index is 13.0. The molecular formula is C53H93NO8. The van der Waals surface area contributed by atoms with Gasteiger partial charge in [0.15, 0.2) is 6.29 Å². The molecule has 6 N–H and O–H groups in total. The molecule has 1 heterocycles. The standard InChI is InChI=1S/C53H93NO8/c1-3-5-7-9-11-13-15-17-19-20-21-22-23-24-25-26-27-28-29-31-33-35-37-39-41-43-49(57)54-46(45-61-53-52(60)51(59)50(58)48(44-55)62-53)47(56)42-40-38-36-34-32-30-18-16-14-12-10-8-6-4-2/h5,7,11,13,17,19,21-22,24-25,40,42,46-48,50-53,55-56,58-60H,3-4,6,8-10,12,14-16,18,20,23,26-39,41,43-45H2,1-2H3,(H,54,57)/b7-5-,13-11-,19-17-,22-21-,25-24-,42-40+. The number of carbonyl (C=O) groups excluding carboxylic acids is 1. The van der Waals surface area contributed by atoms with Crippen LogP contribution in [0.4, 0.5) is 0 Å². The van der Waals surface area contributed by atoms with Crippen molar-refractivity contribution in [3.8, 4) is 0 Å². The molecule has 9 nitrogen and oxygen atoms in total. The molecule has 9 heteroatoms. The zero-order valence-corrected chi connectivity index (χ0v) is 39.4. The Labute approximate surface area is 378 Å². The Bertz CT molecular complexity index is 1200. The van der Waals surface area contributed by atoms with Gasteiger partial charge < -0.3 is 40.3 Å². The third-order valence-corrected chi connectivity index (χ3v) is 11.5. The molecule has 0 radical (unpaired) electrons. The lowest BCUT2D eigenvalue weighted by molar-refractivity contribution is -0.302. The molecule has 1 rings (SSSR count). The summed E-state index contributed by atoms with van der Waals surface area (Å²) in [5.41, 5.74) is 0. The third-order valence-electron chi connectivity index (χ3n) is 11.5. The molecule has 1 fully saturated rings. The molecule has 7 unspecified atom stereocenters. The van der Waals surface area contributed by atoms with Crippen LogP contribution in [0.2, 0.25) is 0 Å². The number of hydrogen-bond donors (Lipinski definition) is 6. The molecule has 0 aromatic heterocycles. The molecule has 0 aromatic carbocycles. The van der Waals surface area contributed by atoms with Crippen LogP contribution in [0.25, 0.3) is 0 Å². The summed E-state index contributed by atoms with van der Waals surface area (Å²) in [6.07, 6.45) is 50.8. The Morgan fingerprint density at radius 1 is 0.565 bits per heavy atom. The molecule has 358 valence electrons. The largest absolute Gasteiger partial charge is 0.394 e. The van der Waals surface area contributed by atoms with Gasteiger partial charge in [0.05, 0.1) is 25.4 Å². The average molecular weight is 872 g/mol. The zero-order chi connectivity index (χ0) is 45.1. The van der Waals surface area contributed by atoms with Crippen LogP contribution >= 0.6 is 0 Å². The second-order valence-corrected chi connectivity index (χ2v) is 17.2. The van der Waals surface area contributed by atoms with Crippen molar-refractivity contribution in [2.45, 2.75) is 243 Å². The third kappa shape index (κ3) is 32.3. The van der Waals surface area contributed by atoms with Crippen LogP contribution in [0.1, 0.15) is 200 Å². The molecule has 0 saturated carbocycles. The molecule has 0 bridgehead atoms. The van der Waals surface area contributed by atoms with Gasteiger partial charge in [0.2, 0.25) is 5.91 Å². The number of ether oxygens (including phenoxy) is 2. The predicted molar refractivity (Wildman–Crippen MR) is 258 cm³/mol. The highest BCUT2D eigenvalue weighted by Gasteiger charge is 2.44. The topological polar surface area (TPSA) is 149 Å². The summed E-state index contributed by atoms with van der Waals surface area (Å²) in [6, 6.07) is -0.811. The van der Waals surface area contributed by atoms with Crippen molar-refractivity contribution in [2.24, 2.45) is 0 Å². The van der Waals surface area contributed by atoms with E-state index in [2.05, 4.69) is 79.9 Å². The molecule has 0 aliphatic carbocycles. The van der Waals surface area contributed by atoms with E-state index in [1.807, 2.05) is 6.08 Å². The van der Waals surface area contributed by atoms with Crippen molar-refractivity contribution in [2.75, 3.05) is 13.2 Å². The fraction of sp³-hybridized carbons (Fsp3) is 0.755. The highest BCUT2D eigenvalue weighted by atomic mass is 16.7. The molecule has 1 aliphatic rings. The van der Waals surface area contributed by atoms with Gasteiger partial charge in [-0.25, -0.2) is 0 Å². The molecule has 62 heavy (non-hydrogen) atoms. The monoisotopic (exact) mass is 872 g/mol. The lowest BCUT2D eigenvalue weighted by Crippen LogP contribution is -2.60. The van der Waals surface area contributed by atoms with Gasteiger partial charge in [-0.3, -0.25) is 4.79 Å². The van der Waals surface area contributed by atoms with Crippen molar-refractivity contribution in [3.05, 3.63) is 72.9 Å². The Balaban J connectivity index is 2.28. The Kier molecular flexibility index (Phi) is 39.6.